The summed E-state index contributed by atoms with van der Waals surface area (Å²) in [5, 5.41) is 3.36. The zero-order valence-corrected chi connectivity index (χ0v) is 18.8. The number of nitrogens with zero attached hydrogens (tertiary/aromatic N) is 2. The van der Waals surface area contributed by atoms with Crippen molar-refractivity contribution in [2.75, 3.05) is 29.4 Å². The molecule has 30 heavy (non-hydrogen) atoms. The van der Waals surface area contributed by atoms with Crippen LogP contribution in [0.25, 0.3) is 6.08 Å². The van der Waals surface area contributed by atoms with Crippen molar-refractivity contribution in [2.45, 2.75) is 52.1 Å². The first-order valence-corrected chi connectivity index (χ1v) is 11.1. The number of hydrogen-bond donors (Lipinski definition) is 1. The van der Waals surface area contributed by atoms with Gasteiger partial charge in [0.15, 0.2) is 0 Å². The lowest BCUT2D eigenvalue weighted by atomic mass is 9.74. The summed E-state index contributed by atoms with van der Waals surface area (Å²) in [6.45, 7) is 13.7. The summed E-state index contributed by atoms with van der Waals surface area (Å²) in [5.74, 6) is 0.116. The van der Waals surface area contributed by atoms with Crippen molar-refractivity contribution >= 4 is 23.4 Å². The summed E-state index contributed by atoms with van der Waals surface area (Å²) in [5.41, 5.74) is 5.35. The number of fused-ring (bicyclic) bond motifs is 3. The van der Waals surface area contributed by atoms with Gasteiger partial charge < -0.3 is 15.1 Å². The lowest BCUT2D eigenvalue weighted by Crippen LogP contribution is -2.68. The number of nitrogens with one attached hydrogen (secondary N) is 1. The summed E-state index contributed by atoms with van der Waals surface area (Å²) in [6.07, 6.45) is 4.88. The van der Waals surface area contributed by atoms with Gasteiger partial charge in [0.25, 0.3) is 0 Å². The Hall–Kier alpha value is -2.75. The second-order valence-corrected chi connectivity index (χ2v) is 8.96. The number of benzene rings is 2. The standard InChI is InChI=1S/C26H33N3O/c1-6-28(7-2)21-11-9-20(10-12-21)14-16-26-25(4,5)22-18-19(3)8-13-23(22)29(26)17-15-24(30)27-26/h8-14,16,18H,6-7,15,17H2,1-5H3,(H,27,30). The maximum absolute atomic E-state index is 12.5. The molecule has 0 spiro atoms. The fourth-order valence-electron chi connectivity index (χ4n) is 5.07. The summed E-state index contributed by atoms with van der Waals surface area (Å²) in [7, 11) is 0. The van der Waals surface area contributed by atoms with Gasteiger partial charge in [-0.25, -0.2) is 0 Å². The molecular formula is C26H33N3O. The van der Waals surface area contributed by atoms with E-state index in [0.717, 1.165) is 25.2 Å². The van der Waals surface area contributed by atoms with E-state index in [9.17, 15) is 4.79 Å². The number of hydrogen-bond acceptors (Lipinski definition) is 3. The average Bonchev–Trinajstić information content (AvgIpc) is 2.92. The highest BCUT2D eigenvalue weighted by atomic mass is 16.2. The van der Waals surface area contributed by atoms with Crippen LogP contribution in [0.4, 0.5) is 11.4 Å². The molecule has 0 saturated carbocycles. The second kappa shape index (κ2) is 7.50. The molecule has 1 atom stereocenters. The van der Waals surface area contributed by atoms with Crippen LogP contribution in [0.3, 0.4) is 0 Å². The van der Waals surface area contributed by atoms with Gasteiger partial charge in [0.2, 0.25) is 5.91 Å². The van der Waals surface area contributed by atoms with Crippen molar-refractivity contribution in [1.82, 2.24) is 5.32 Å². The molecule has 1 unspecified atom stereocenters. The Balaban J connectivity index is 1.73. The second-order valence-electron chi connectivity index (χ2n) is 8.96. The van der Waals surface area contributed by atoms with E-state index < -0.39 is 5.66 Å². The molecule has 4 heteroatoms. The van der Waals surface area contributed by atoms with E-state index >= 15 is 0 Å². The third-order valence-electron chi connectivity index (χ3n) is 6.93. The molecule has 0 bridgehead atoms. The molecule has 0 aromatic heterocycles. The van der Waals surface area contributed by atoms with Gasteiger partial charge in [-0.05, 0) is 56.2 Å². The number of carbonyl (C=O) groups excluding carboxylic acids is 1. The molecule has 1 saturated heterocycles. The molecule has 2 aromatic rings. The molecule has 2 aliphatic heterocycles. The van der Waals surface area contributed by atoms with E-state index in [1.165, 1.54) is 22.5 Å². The highest BCUT2D eigenvalue weighted by Crippen LogP contribution is 2.52. The van der Waals surface area contributed by atoms with Crippen molar-refractivity contribution in [3.8, 4) is 0 Å². The quantitative estimate of drug-likeness (QED) is 0.774. The van der Waals surface area contributed by atoms with Crippen molar-refractivity contribution in [1.29, 1.82) is 0 Å². The van der Waals surface area contributed by atoms with Crippen molar-refractivity contribution in [3.63, 3.8) is 0 Å². The third kappa shape index (κ3) is 3.10. The number of anilines is 2. The minimum Gasteiger partial charge on any atom is -0.372 e. The Morgan fingerprint density at radius 3 is 2.47 bits per heavy atom. The van der Waals surface area contributed by atoms with Gasteiger partial charge in [-0.1, -0.05) is 49.8 Å². The maximum atomic E-state index is 12.5. The fourth-order valence-corrected chi connectivity index (χ4v) is 5.07. The molecule has 2 aliphatic rings. The van der Waals surface area contributed by atoms with E-state index in [-0.39, 0.29) is 11.3 Å². The first-order valence-electron chi connectivity index (χ1n) is 11.1. The summed E-state index contributed by atoms with van der Waals surface area (Å²) >= 11 is 0. The van der Waals surface area contributed by atoms with Gasteiger partial charge in [-0.3, -0.25) is 4.79 Å². The minimum absolute atomic E-state index is 0.116. The Labute approximate surface area is 180 Å². The van der Waals surface area contributed by atoms with Crippen LogP contribution in [-0.4, -0.2) is 31.2 Å². The van der Waals surface area contributed by atoms with Crippen molar-refractivity contribution in [2.24, 2.45) is 0 Å². The van der Waals surface area contributed by atoms with Gasteiger partial charge in [0.1, 0.15) is 5.66 Å². The fraction of sp³-hybridized carbons (Fsp3) is 0.423. The molecule has 1 fully saturated rings. The number of amides is 1. The van der Waals surface area contributed by atoms with E-state index in [0.29, 0.717) is 6.42 Å². The van der Waals surface area contributed by atoms with Gasteiger partial charge in [0, 0.05) is 42.8 Å². The first-order chi connectivity index (χ1) is 14.3. The molecule has 0 radical (unpaired) electrons. The topological polar surface area (TPSA) is 35.6 Å². The monoisotopic (exact) mass is 403 g/mol. The number of carbonyl (C=O) groups is 1. The minimum atomic E-state index is -0.560. The van der Waals surface area contributed by atoms with Crippen LogP contribution in [0.2, 0.25) is 0 Å². The van der Waals surface area contributed by atoms with Crippen LogP contribution in [0.5, 0.6) is 0 Å². The molecule has 4 rings (SSSR count). The van der Waals surface area contributed by atoms with E-state index in [1.807, 2.05) is 0 Å². The van der Waals surface area contributed by atoms with Gasteiger partial charge in [-0.2, -0.15) is 0 Å². The lowest BCUT2D eigenvalue weighted by molar-refractivity contribution is -0.124. The van der Waals surface area contributed by atoms with E-state index in [4.69, 9.17) is 0 Å². The summed E-state index contributed by atoms with van der Waals surface area (Å²) < 4.78 is 0. The van der Waals surface area contributed by atoms with Gasteiger partial charge in [-0.15, -0.1) is 0 Å². The van der Waals surface area contributed by atoms with Gasteiger partial charge in [0.05, 0.1) is 0 Å². The van der Waals surface area contributed by atoms with Gasteiger partial charge >= 0.3 is 0 Å². The van der Waals surface area contributed by atoms with Crippen LogP contribution in [0, 0.1) is 6.92 Å². The van der Waals surface area contributed by atoms with Crippen LogP contribution < -0.4 is 15.1 Å². The van der Waals surface area contributed by atoms with Crippen molar-refractivity contribution < 1.29 is 4.79 Å². The van der Waals surface area contributed by atoms with E-state index in [2.05, 4.69) is 104 Å². The smallest absolute Gasteiger partial charge is 0.223 e. The van der Waals surface area contributed by atoms with Crippen LogP contribution in [-0.2, 0) is 10.2 Å². The number of rotatable bonds is 5. The normalized spacial score (nSPS) is 22.0. The molecule has 1 amide bonds. The predicted octanol–water partition coefficient (Wildman–Crippen LogP) is 4.87. The van der Waals surface area contributed by atoms with Crippen LogP contribution in [0.15, 0.2) is 48.5 Å². The molecule has 2 aromatic carbocycles. The van der Waals surface area contributed by atoms with E-state index in [1.54, 1.807) is 0 Å². The Kier molecular flexibility index (Phi) is 5.13. The predicted molar refractivity (Wildman–Crippen MR) is 126 cm³/mol. The van der Waals surface area contributed by atoms with Crippen LogP contribution in [0.1, 0.15) is 50.8 Å². The number of aryl methyl sites for hydroxylation is 1. The highest BCUT2D eigenvalue weighted by Gasteiger charge is 2.57. The summed E-state index contributed by atoms with van der Waals surface area (Å²) in [6, 6.07) is 15.3. The molecule has 158 valence electrons. The lowest BCUT2D eigenvalue weighted by Gasteiger charge is -2.49. The zero-order valence-electron chi connectivity index (χ0n) is 18.8. The SMILES string of the molecule is CCN(CC)c1ccc(C=CC23NC(=O)CCN2c2ccc(C)cc2C3(C)C)cc1. The highest BCUT2D eigenvalue weighted by molar-refractivity contribution is 5.84. The molecule has 1 N–H and O–H groups in total. The Bertz CT molecular complexity index is 972. The zero-order chi connectivity index (χ0) is 21.5. The van der Waals surface area contributed by atoms with Crippen molar-refractivity contribution in [3.05, 3.63) is 65.2 Å². The Morgan fingerprint density at radius 2 is 1.80 bits per heavy atom. The molecule has 2 heterocycles. The third-order valence-corrected chi connectivity index (χ3v) is 6.93. The first kappa shape index (κ1) is 20.5. The largest absolute Gasteiger partial charge is 0.372 e. The maximum Gasteiger partial charge on any atom is 0.223 e. The van der Waals surface area contributed by atoms with Crippen LogP contribution >= 0.6 is 0 Å². The molecular weight excluding hydrogens is 370 g/mol. The molecule has 0 aliphatic carbocycles. The summed E-state index contributed by atoms with van der Waals surface area (Å²) in [4.78, 5) is 17.3. The Morgan fingerprint density at radius 1 is 1.10 bits per heavy atom. The molecule has 4 nitrogen and oxygen atoms in total. The average molecular weight is 404 g/mol.